The van der Waals surface area contributed by atoms with Crippen LogP contribution < -0.4 is 10.6 Å². The van der Waals surface area contributed by atoms with Crippen LogP contribution in [0.2, 0.25) is 0 Å². The summed E-state index contributed by atoms with van der Waals surface area (Å²) in [4.78, 5) is 74.9. The molecule has 6 fully saturated rings. The Bertz CT molecular complexity index is 1690. The van der Waals surface area contributed by atoms with E-state index in [0.717, 1.165) is 69.8 Å². The number of thioether (sulfide) groups is 1. The van der Waals surface area contributed by atoms with Crippen molar-refractivity contribution in [1.29, 1.82) is 0 Å². The number of ketones is 1. The number of aliphatic carboxylic acids is 1. The highest BCUT2D eigenvalue weighted by Gasteiger charge is 2.70. The fourth-order valence-corrected chi connectivity index (χ4v) is 14.5. The van der Waals surface area contributed by atoms with Crippen LogP contribution in [-0.2, 0) is 33.4 Å². The lowest BCUT2D eigenvalue weighted by molar-refractivity contribution is -0.245. The van der Waals surface area contributed by atoms with Crippen LogP contribution in [0.4, 0.5) is 4.79 Å². The fourth-order valence-electron chi connectivity index (χ4n) is 12.9. The molecule has 3 heterocycles. The smallest absolute Gasteiger partial charge is 0.331 e. The Morgan fingerprint density at radius 3 is 2.50 bits per heavy atom. The molecule has 4 saturated carbocycles. The monoisotopic (exact) mass is 857 g/mol. The van der Waals surface area contributed by atoms with Gasteiger partial charge in [-0.25, -0.2) is 9.59 Å². The van der Waals surface area contributed by atoms with E-state index >= 15 is 0 Å². The first-order valence-electron chi connectivity index (χ1n) is 22.8. The maximum Gasteiger partial charge on any atom is 0.331 e. The summed E-state index contributed by atoms with van der Waals surface area (Å²) in [6.07, 6.45) is 13.1. The predicted molar refractivity (Wildman–Crippen MR) is 222 cm³/mol. The number of fused-ring (bicyclic) bond motifs is 6. The predicted octanol–water partition coefficient (Wildman–Crippen LogP) is 5.06. The van der Waals surface area contributed by atoms with Gasteiger partial charge in [0.2, 0.25) is 11.8 Å². The van der Waals surface area contributed by atoms with Gasteiger partial charge in [0, 0.05) is 54.7 Å². The second kappa shape index (κ2) is 18.8. The van der Waals surface area contributed by atoms with E-state index in [-0.39, 0.29) is 109 Å². The number of aliphatic hydroxyl groups excluding tert-OH is 1. The highest BCUT2D eigenvalue weighted by atomic mass is 32.2. The molecule has 0 bridgehead atoms. The molecule has 3 aliphatic heterocycles. The van der Waals surface area contributed by atoms with Crippen molar-refractivity contribution in [2.75, 3.05) is 25.5 Å². The number of ether oxygens (including phenoxy) is 2. The van der Waals surface area contributed by atoms with Crippen LogP contribution in [0, 0.1) is 34.5 Å². The summed E-state index contributed by atoms with van der Waals surface area (Å²) in [6, 6.07) is -0.696. The van der Waals surface area contributed by atoms with Crippen LogP contribution in [0.15, 0.2) is 11.6 Å². The summed E-state index contributed by atoms with van der Waals surface area (Å²) in [5.74, 6) is -0.204. The van der Waals surface area contributed by atoms with Crippen LogP contribution >= 0.6 is 11.8 Å². The number of hydrogen-bond acceptors (Lipinski definition) is 11. The van der Waals surface area contributed by atoms with Crippen molar-refractivity contribution >= 4 is 47.3 Å². The van der Waals surface area contributed by atoms with E-state index < -0.39 is 23.1 Å². The number of rotatable bonds is 19. The normalized spacial score (nSPS) is 38.0. The van der Waals surface area contributed by atoms with Crippen molar-refractivity contribution in [2.45, 2.75) is 171 Å². The van der Waals surface area contributed by atoms with Crippen molar-refractivity contribution in [3.8, 4) is 0 Å². The average molecular weight is 858 g/mol. The third-order valence-corrected chi connectivity index (χ3v) is 17.8. The summed E-state index contributed by atoms with van der Waals surface area (Å²) in [6.45, 7) is 5.14. The summed E-state index contributed by atoms with van der Waals surface area (Å²) in [7, 11) is 0. The summed E-state index contributed by atoms with van der Waals surface area (Å²) in [5.41, 5.74) is -0.852. The average Bonchev–Trinajstić information content (AvgIpc) is 3.96. The van der Waals surface area contributed by atoms with Crippen molar-refractivity contribution in [1.82, 2.24) is 15.5 Å². The largest absolute Gasteiger partial charge is 0.481 e. The van der Waals surface area contributed by atoms with Crippen LogP contribution in [0.5, 0.6) is 0 Å². The number of hydrogen-bond donors (Lipinski definition) is 5. The lowest BCUT2D eigenvalue weighted by Crippen LogP contribution is -2.67. The van der Waals surface area contributed by atoms with E-state index in [9.17, 15) is 39.0 Å². The van der Waals surface area contributed by atoms with Gasteiger partial charge >= 0.3 is 18.0 Å². The Balaban J connectivity index is 0.747. The first-order chi connectivity index (χ1) is 28.7. The molecule has 0 aromatic carbocycles. The molecule has 0 spiro atoms. The number of cyclic esters (lactones) is 1. The minimum atomic E-state index is -1.00. The van der Waals surface area contributed by atoms with Gasteiger partial charge in [0.25, 0.3) is 0 Å². The number of esters is 1. The number of carbonyl (C=O) groups is 6. The van der Waals surface area contributed by atoms with Gasteiger partial charge in [-0.15, -0.1) is 0 Å². The second-order valence-electron chi connectivity index (χ2n) is 19.4. The molecule has 12 atom stereocenters. The molecule has 4 aliphatic carbocycles. The zero-order valence-corrected chi connectivity index (χ0v) is 36.3. The van der Waals surface area contributed by atoms with Crippen LogP contribution in [0.3, 0.4) is 0 Å². The summed E-state index contributed by atoms with van der Waals surface area (Å²) in [5, 5.41) is 39.2. The second-order valence-corrected chi connectivity index (χ2v) is 20.7. The SMILES string of the molecule is C[C@]12CC[C@H](OCC(=O)NCCCCCC(=O)CCCC(=O)N3C(=O)N[C@@H]4[C@H](CCCCC(=O)O)SC[C@@H]43)C[C@H]1CC[C@@H]1[C@@H]2C[C@@H](O)[C@]2(C)[C@@H](C3=CC(=O)OC3)CC[C@]12O. The lowest BCUT2D eigenvalue weighted by Gasteiger charge is -2.65. The number of carboxylic acids is 1. The number of urea groups is 1. The van der Waals surface area contributed by atoms with Crippen LogP contribution in [-0.4, -0.2) is 116 Å². The zero-order valence-electron chi connectivity index (χ0n) is 35.5. The van der Waals surface area contributed by atoms with Crippen molar-refractivity contribution in [2.24, 2.45) is 34.5 Å². The van der Waals surface area contributed by atoms with Gasteiger partial charge < -0.3 is 35.4 Å². The van der Waals surface area contributed by atoms with Gasteiger partial charge in [-0.1, -0.05) is 26.7 Å². The standard InChI is InChI=1S/C45H67N3O11S/c1-43-18-16-30(22-28(43)14-15-32-33(43)23-36(50)44(2)31(17-19-45(32,44)57)27-21-40(55)59-24-27)58-25-37(51)46-20-7-3-4-9-29(49)10-8-12-38(52)48-34-26-60-35(41(34)47-42(48)56)11-5-6-13-39(53)54/h21,28,30-36,41,50,57H,3-20,22-26H2,1-2H3,(H,46,51)(H,47,56)(H,53,54)/t28-,30+,31-,32-,33+,34+,35+,36-,41+,43+,44+,45+/m1/s1. The van der Waals surface area contributed by atoms with E-state index in [1.165, 1.54) is 4.90 Å². The van der Waals surface area contributed by atoms with Crippen LogP contribution in [0.1, 0.15) is 136 Å². The summed E-state index contributed by atoms with van der Waals surface area (Å²) < 4.78 is 11.4. The quantitative estimate of drug-likeness (QED) is 0.0656. The van der Waals surface area contributed by atoms with E-state index in [1.54, 1.807) is 17.8 Å². The van der Waals surface area contributed by atoms with Gasteiger partial charge in [0.15, 0.2) is 0 Å². The molecule has 7 rings (SSSR count). The fraction of sp³-hybridized carbons (Fsp3) is 0.822. The molecule has 0 radical (unpaired) electrons. The number of carboxylic acid groups (broad SMARTS) is 1. The maximum atomic E-state index is 13.0. The Labute approximate surface area is 358 Å². The molecule has 5 N–H and O–H groups in total. The number of carbonyl (C=O) groups excluding carboxylic acids is 5. The van der Waals surface area contributed by atoms with Gasteiger partial charge in [-0.05, 0) is 118 Å². The zero-order chi connectivity index (χ0) is 42.8. The topological polar surface area (TPSA) is 209 Å². The minimum Gasteiger partial charge on any atom is -0.481 e. The molecule has 334 valence electrons. The van der Waals surface area contributed by atoms with E-state index in [2.05, 4.69) is 17.6 Å². The maximum absolute atomic E-state index is 13.0. The van der Waals surface area contributed by atoms with Crippen molar-refractivity contribution in [3.63, 3.8) is 0 Å². The number of imide groups is 1. The number of nitrogens with zero attached hydrogens (tertiary/aromatic N) is 1. The Hall–Kier alpha value is -3.01. The number of Topliss-reactive ketones (excluding diaryl/α,β-unsaturated/α-hetero) is 1. The molecule has 0 unspecified atom stereocenters. The van der Waals surface area contributed by atoms with Crippen molar-refractivity contribution in [3.05, 3.63) is 11.6 Å². The molecular weight excluding hydrogens is 791 g/mol. The first kappa shape index (κ1) is 45.0. The minimum absolute atomic E-state index is 0.00610. The van der Waals surface area contributed by atoms with E-state index in [1.807, 2.05) is 6.92 Å². The third-order valence-electron chi connectivity index (χ3n) is 16.3. The van der Waals surface area contributed by atoms with Crippen molar-refractivity contribution < 1.29 is 53.6 Å². The van der Waals surface area contributed by atoms with Gasteiger partial charge in [0.05, 0.1) is 29.9 Å². The lowest BCUT2D eigenvalue weighted by atomic mass is 9.42. The molecule has 0 aromatic rings. The first-order valence-corrected chi connectivity index (χ1v) is 23.8. The third kappa shape index (κ3) is 8.93. The highest BCUT2D eigenvalue weighted by molar-refractivity contribution is 8.00. The Morgan fingerprint density at radius 2 is 1.73 bits per heavy atom. The molecule has 0 aromatic heterocycles. The summed E-state index contributed by atoms with van der Waals surface area (Å²) >= 11 is 1.72. The van der Waals surface area contributed by atoms with Gasteiger partial charge in [0.1, 0.15) is 19.0 Å². The number of aliphatic hydroxyl groups is 2. The molecule has 14 nitrogen and oxygen atoms in total. The molecule has 4 amide bonds. The van der Waals surface area contributed by atoms with Crippen LogP contribution in [0.25, 0.3) is 0 Å². The molecule has 60 heavy (non-hydrogen) atoms. The molecule has 15 heteroatoms. The molecule has 7 aliphatic rings. The number of nitrogens with one attached hydrogen (secondary N) is 2. The highest BCUT2D eigenvalue weighted by Crippen LogP contribution is 2.70. The van der Waals surface area contributed by atoms with Gasteiger partial charge in [-0.2, -0.15) is 11.8 Å². The Kier molecular flexibility index (Phi) is 14.1. The van der Waals surface area contributed by atoms with E-state index in [0.29, 0.717) is 56.7 Å². The van der Waals surface area contributed by atoms with E-state index in [4.69, 9.17) is 14.6 Å². The van der Waals surface area contributed by atoms with Gasteiger partial charge in [-0.3, -0.25) is 24.1 Å². The number of amides is 4. The number of unbranched alkanes of at least 4 members (excludes halogenated alkanes) is 3. The molecule has 2 saturated heterocycles. The molecular formula is C45H67N3O11S. The Morgan fingerprint density at radius 1 is 0.950 bits per heavy atom.